The standard InChI is InChI=1S/C27H24N2O6/c1-16(30)28-18-9-11-19(12-10-18)29-24(21-14-13-20(34-2)15-22(21)35-3)23(26(32)27(29)33)25(31)17-7-5-4-6-8-17/h4-15,24,31H,1-3H3,(H,28,30)/t24-/m1/s1. The third-order valence-corrected chi connectivity index (χ3v) is 5.69. The Kier molecular flexibility index (Phi) is 6.55. The minimum atomic E-state index is -0.970. The van der Waals surface area contributed by atoms with Crippen LogP contribution in [0.4, 0.5) is 11.4 Å². The fourth-order valence-corrected chi connectivity index (χ4v) is 4.10. The van der Waals surface area contributed by atoms with Crippen molar-refractivity contribution in [2.45, 2.75) is 13.0 Å². The number of ketones is 1. The summed E-state index contributed by atoms with van der Waals surface area (Å²) in [5.74, 6) is -1.22. The third kappa shape index (κ3) is 4.46. The Morgan fingerprint density at radius 1 is 0.943 bits per heavy atom. The highest BCUT2D eigenvalue weighted by atomic mass is 16.5. The highest BCUT2D eigenvalue weighted by Crippen LogP contribution is 2.45. The quantitative estimate of drug-likeness (QED) is 0.315. The first-order chi connectivity index (χ1) is 16.8. The summed E-state index contributed by atoms with van der Waals surface area (Å²) in [5, 5.41) is 13.9. The van der Waals surface area contributed by atoms with Gasteiger partial charge in [0.25, 0.3) is 11.7 Å². The van der Waals surface area contributed by atoms with Crippen LogP contribution >= 0.6 is 0 Å². The minimum Gasteiger partial charge on any atom is -0.507 e. The third-order valence-electron chi connectivity index (χ3n) is 5.69. The second kappa shape index (κ2) is 9.72. The SMILES string of the molecule is COc1ccc([C@@H]2C(=C(O)c3ccccc3)C(=O)C(=O)N2c2ccc(NC(C)=O)cc2)c(OC)c1. The van der Waals surface area contributed by atoms with E-state index in [-0.39, 0.29) is 17.2 Å². The van der Waals surface area contributed by atoms with Gasteiger partial charge in [-0.15, -0.1) is 0 Å². The molecule has 1 heterocycles. The van der Waals surface area contributed by atoms with Crippen molar-refractivity contribution in [1.82, 2.24) is 0 Å². The Balaban J connectivity index is 1.93. The van der Waals surface area contributed by atoms with Gasteiger partial charge in [-0.1, -0.05) is 30.3 Å². The molecule has 0 bridgehead atoms. The molecule has 0 radical (unpaired) electrons. The molecule has 3 aromatic rings. The lowest BCUT2D eigenvalue weighted by atomic mass is 9.94. The average molecular weight is 472 g/mol. The van der Waals surface area contributed by atoms with E-state index in [1.807, 2.05) is 0 Å². The zero-order valence-electron chi connectivity index (χ0n) is 19.4. The number of carbonyl (C=O) groups excluding carboxylic acids is 3. The molecule has 2 amide bonds. The van der Waals surface area contributed by atoms with Crippen LogP contribution in [0.15, 0.2) is 78.4 Å². The number of ether oxygens (including phenoxy) is 2. The number of methoxy groups -OCH3 is 2. The molecule has 2 N–H and O–H groups in total. The van der Waals surface area contributed by atoms with Gasteiger partial charge in [0.1, 0.15) is 17.3 Å². The van der Waals surface area contributed by atoms with Crippen LogP contribution in [0.3, 0.4) is 0 Å². The number of Topliss-reactive ketones (excluding diaryl/α,β-unsaturated/α-hetero) is 1. The van der Waals surface area contributed by atoms with E-state index >= 15 is 0 Å². The number of amides is 2. The maximum absolute atomic E-state index is 13.3. The molecule has 0 aliphatic carbocycles. The molecule has 1 aliphatic rings. The Morgan fingerprint density at radius 2 is 1.63 bits per heavy atom. The summed E-state index contributed by atoms with van der Waals surface area (Å²) in [4.78, 5) is 39.3. The summed E-state index contributed by atoms with van der Waals surface area (Å²) in [5.41, 5.74) is 1.80. The Hall–Kier alpha value is -4.59. The van der Waals surface area contributed by atoms with Gasteiger partial charge in [-0.2, -0.15) is 0 Å². The number of aliphatic hydroxyl groups is 1. The Labute approximate surface area is 202 Å². The van der Waals surface area contributed by atoms with E-state index in [9.17, 15) is 19.5 Å². The van der Waals surface area contributed by atoms with E-state index in [1.165, 1.54) is 26.0 Å². The van der Waals surface area contributed by atoms with E-state index in [2.05, 4.69) is 5.32 Å². The number of hydrogen-bond donors (Lipinski definition) is 2. The number of hydrogen-bond acceptors (Lipinski definition) is 6. The summed E-state index contributed by atoms with van der Waals surface area (Å²) in [6.07, 6.45) is 0. The van der Waals surface area contributed by atoms with Crippen molar-refractivity contribution < 1.29 is 29.0 Å². The summed E-state index contributed by atoms with van der Waals surface area (Å²) in [7, 11) is 3.00. The van der Waals surface area contributed by atoms with Crippen LogP contribution in [0.2, 0.25) is 0 Å². The van der Waals surface area contributed by atoms with Crippen molar-refractivity contribution in [3.05, 3.63) is 89.5 Å². The van der Waals surface area contributed by atoms with Crippen LogP contribution in [0, 0.1) is 0 Å². The average Bonchev–Trinajstić information content (AvgIpc) is 3.13. The monoisotopic (exact) mass is 472 g/mol. The molecule has 8 nitrogen and oxygen atoms in total. The molecule has 1 atom stereocenters. The Morgan fingerprint density at radius 3 is 2.23 bits per heavy atom. The molecule has 1 aliphatic heterocycles. The predicted molar refractivity (Wildman–Crippen MR) is 132 cm³/mol. The lowest BCUT2D eigenvalue weighted by Crippen LogP contribution is -2.29. The molecule has 1 saturated heterocycles. The fraction of sp³-hybridized carbons (Fsp3) is 0.148. The maximum Gasteiger partial charge on any atom is 0.300 e. The molecular weight excluding hydrogens is 448 g/mol. The number of carbonyl (C=O) groups is 3. The van der Waals surface area contributed by atoms with Gasteiger partial charge in [0, 0.05) is 35.5 Å². The lowest BCUT2D eigenvalue weighted by Gasteiger charge is -2.27. The van der Waals surface area contributed by atoms with Gasteiger partial charge in [-0.05, 0) is 36.4 Å². The number of nitrogens with zero attached hydrogens (tertiary/aromatic N) is 1. The minimum absolute atomic E-state index is 0.0596. The Bertz CT molecular complexity index is 1320. The van der Waals surface area contributed by atoms with Crippen LogP contribution in [-0.2, 0) is 14.4 Å². The number of rotatable bonds is 6. The van der Waals surface area contributed by atoms with Crippen molar-refractivity contribution >= 4 is 34.7 Å². The first-order valence-electron chi connectivity index (χ1n) is 10.8. The van der Waals surface area contributed by atoms with Crippen molar-refractivity contribution in [3.63, 3.8) is 0 Å². The predicted octanol–water partition coefficient (Wildman–Crippen LogP) is 4.29. The van der Waals surface area contributed by atoms with E-state index in [4.69, 9.17) is 9.47 Å². The first kappa shape index (κ1) is 23.6. The second-order valence-electron chi connectivity index (χ2n) is 7.87. The molecule has 8 heteroatoms. The van der Waals surface area contributed by atoms with Crippen LogP contribution in [0.25, 0.3) is 5.76 Å². The maximum atomic E-state index is 13.3. The van der Waals surface area contributed by atoms with Crippen molar-refractivity contribution in [2.24, 2.45) is 0 Å². The number of benzene rings is 3. The van der Waals surface area contributed by atoms with Crippen molar-refractivity contribution in [3.8, 4) is 11.5 Å². The van der Waals surface area contributed by atoms with Gasteiger partial charge in [-0.3, -0.25) is 19.3 Å². The smallest absolute Gasteiger partial charge is 0.300 e. The lowest BCUT2D eigenvalue weighted by molar-refractivity contribution is -0.132. The zero-order chi connectivity index (χ0) is 25.1. The first-order valence-corrected chi connectivity index (χ1v) is 10.8. The molecule has 0 spiro atoms. The highest BCUT2D eigenvalue weighted by molar-refractivity contribution is 6.51. The molecule has 35 heavy (non-hydrogen) atoms. The van der Waals surface area contributed by atoms with Crippen molar-refractivity contribution in [1.29, 1.82) is 0 Å². The summed E-state index contributed by atoms with van der Waals surface area (Å²) in [6, 6.07) is 19.2. The van der Waals surface area contributed by atoms with Gasteiger partial charge in [0.15, 0.2) is 0 Å². The van der Waals surface area contributed by atoms with Crippen LogP contribution < -0.4 is 19.7 Å². The molecule has 0 saturated carbocycles. The van der Waals surface area contributed by atoms with Gasteiger partial charge in [0.2, 0.25) is 5.91 Å². The van der Waals surface area contributed by atoms with E-state index < -0.39 is 17.7 Å². The second-order valence-corrected chi connectivity index (χ2v) is 7.87. The summed E-state index contributed by atoms with van der Waals surface area (Å²) >= 11 is 0. The van der Waals surface area contributed by atoms with Crippen LogP contribution in [-0.4, -0.2) is 36.9 Å². The molecule has 178 valence electrons. The van der Waals surface area contributed by atoms with Crippen molar-refractivity contribution in [2.75, 3.05) is 24.4 Å². The summed E-state index contributed by atoms with van der Waals surface area (Å²) < 4.78 is 10.9. The highest BCUT2D eigenvalue weighted by Gasteiger charge is 2.48. The fourth-order valence-electron chi connectivity index (χ4n) is 4.10. The van der Waals surface area contributed by atoms with E-state index in [1.54, 1.807) is 72.8 Å². The molecular formula is C27H24N2O6. The molecule has 4 rings (SSSR count). The zero-order valence-corrected chi connectivity index (χ0v) is 19.4. The van der Waals surface area contributed by atoms with Gasteiger partial charge in [-0.25, -0.2) is 0 Å². The summed E-state index contributed by atoms with van der Waals surface area (Å²) in [6.45, 7) is 1.39. The largest absolute Gasteiger partial charge is 0.507 e. The molecule has 0 unspecified atom stereocenters. The number of nitrogens with one attached hydrogen (secondary N) is 1. The van der Waals surface area contributed by atoms with Gasteiger partial charge in [0.05, 0.1) is 25.8 Å². The van der Waals surface area contributed by atoms with Crippen LogP contribution in [0.1, 0.15) is 24.1 Å². The molecule has 3 aromatic carbocycles. The topological polar surface area (TPSA) is 105 Å². The van der Waals surface area contributed by atoms with Gasteiger partial charge >= 0.3 is 0 Å². The van der Waals surface area contributed by atoms with Gasteiger partial charge < -0.3 is 19.9 Å². The van der Waals surface area contributed by atoms with Crippen LogP contribution in [0.5, 0.6) is 11.5 Å². The molecule has 1 fully saturated rings. The molecule has 0 aromatic heterocycles. The van der Waals surface area contributed by atoms with E-state index in [0.717, 1.165) is 0 Å². The number of anilines is 2. The normalized spacial score (nSPS) is 16.8. The number of aliphatic hydroxyl groups excluding tert-OH is 1. The van der Waals surface area contributed by atoms with E-state index in [0.29, 0.717) is 34.0 Å².